The van der Waals surface area contributed by atoms with E-state index >= 15 is 0 Å². The van der Waals surface area contributed by atoms with Gasteiger partial charge in [0, 0.05) is 34.2 Å². The first-order valence-corrected chi connectivity index (χ1v) is 11.2. The van der Waals surface area contributed by atoms with E-state index in [0.29, 0.717) is 24.4 Å². The van der Waals surface area contributed by atoms with Gasteiger partial charge in [0.2, 0.25) is 10.0 Å². The molecular weight excluding hydrogens is 444 g/mol. The quantitative estimate of drug-likeness (QED) is 0.616. The van der Waals surface area contributed by atoms with Crippen molar-refractivity contribution in [2.24, 2.45) is 0 Å². The molecule has 1 aliphatic rings. The molecule has 0 unspecified atom stereocenters. The number of hydrogen-bond acceptors (Lipinski definition) is 4. The zero-order valence-corrected chi connectivity index (χ0v) is 17.6. The van der Waals surface area contributed by atoms with Gasteiger partial charge in [0.15, 0.2) is 5.76 Å². The van der Waals surface area contributed by atoms with E-state index in [2.05, 4.69) is 21.2 Å². The molecule has 4 rings (SSSR count). The number of amides is 1. The number of aryl methyl sites for hydroxylation is 1. The molecule has 1 aromatic heterocycles. The van der Waals surface area contributed by atoms with Gasteiger partial charge in [-0.1, -0.05) is 22.0 Å². The SMILES string of the molecule is Cc1c(C(=O)Nc2cccc(S(=O)(=O)N3CCCC3)c2)oc2ccc(Br)cc12. The average molecular weight is 463 g/mol. The highest BCUT2D eigenvalue weighted by atomic mass is 79.9. The second kappa shape index (κ2) is 7.35. The number of nitrogens with one attached hydrogen (secondary N) is 1. The van der Waals surface area contributed by atoms with E-state index in [9.17, 15) is 13.2 Å². The summed E-state index contributed by atoms with van der Waals surface area (Å²) in [6, 6.07) is 11.9. The Morgan fingerprint density at radius 1 is 1.14 bits per heavy atom. The molecule has 0 aliphatic carbocycles. The van der Waals surface area contributed by atoms with Crippen molar-refractivity contribution in [1.82, 2.24) is 4.31 Å². The first-order valence-electron chi connectivity index (χ1n) is 8.96. The highest BCUT2D eigenvalue weighted by molar-refractivity contribution is 9.10. The summed E-state index contributed by atoms with van der Waals surface area (Å²) in [6.45, 7) is 2.89. The average Bonchev–Trinajstić information content (AvgIpc) is 3.31. The van der Waals surface area contributed by atoms with Crippen LogP contribution < -0.4 is 5.32 Å². The minimum Gasteiger partial charge on any atom is -0.451 e. The van der Waals surface area contributed by atoms with Crippen molar-refractivity contribution >= 4 is 48.5 Å². The van der Waals surface area contributed by atoms with E-state index in [0.717, 1.165) is 28.3 Å². The van der Waals surface area contributed by atoms with E-state index in [4.69, 9.17) is 4.42 Å². The summed E-state index contributed by atoms with van der Waals surface area (Å²) in [6.07, 6.45) is 1.74. The van der Waals surface area contributed by atoms with E-state index in [-0.39, 0.29) is 10.7 Å². The maximum atomic E-state index is 12.7. The van der Waals surface area contributed by atoms with Crippen molar-refractivity contribution in [1.29, 1.82) is 0 Å². The molecule has 1 amide bonds. The van der Waals surface area contributed by atoms with Crippen LogP contribution in [0.15, 0.2) is 56.2 Å². The van der Waals surface area contributed by atoms with Gasteiger partial charge in [-0.2, -0.15) is 4.31 Å². The molecule has 0 spiro atoms. The third-order valence-corrected chi connectivity index (χ3v) is 7.29. The first-order chi connectivity index (χ1) is 13.4. The number of carbonyl (C=O) groups excluding carboxylic acids is 1. The van der Waals surface area contributed by atoms with Crippen molar-refractivity contribution in [3.8, 4) is 0 Å². The molecule has 0 saturated carbocycles. The van der Waals surface area contributed by atoms with Crippen LogP contribution in [0, 0.1) is 6.92 Å². The first kappa shape index (κ1) is 19.2. The summed E-state index contributed by atoms with van der Waals surface area (Å²) in [5.41, 5.74) is 1.76. The number of hydrogen-bond donors (Lipinski definition) is 1. The number of furan rings is 1. The highest BCUT2D eigenvalue weighted by Gasteiger charge is 2.27. The molecule has 0 atom stereocenters. The van der Waals surface area contributed by atoms with Crippen LogP contribution in [0.5, 0.6) is 0 Å². The molecule has 8 heteroatoms. The van der Waals surface area contributed by atoms with Crippen molar-refractivity contribution < 1.29 is 17.6 Å². The van der Waals surface area contributed by atoms with E-state index < -0.39 is 15.9 Å². The fourth-order valence-corrected chi connectivity index (χ4v) is 5.33. The smallest absolute Gasteiger partial charge is 0.291 e. The third-order valence-electron chi connectivity index (χ3n) is 4.90. The predicted octanol–water partition coefficient (Wildman–Crippen LogP) is 4.54. The summed E-state index contributed by atoms with van der Waals surface area (Å²) in [5.74, 6) is -0.207. The van der Waals surface area contributed by atoms with Gasteiger partial charge < -0.3 is 9.73 Å². The molecule has 2 heterocycles. The lowest BCUT2D eigenvalue weighted by molar-refractivity contribution is 0.0998. The Morgan fingerprint density at radius 3 is 2.64 bits per heavy atom. The monoisotopic (exact) mass is 462 g/mol. The number of fused-ring (bicyclic) bond motifs is 1. The van der Waals surface area contributed by atoms with Crippen LogP contribution >= 0.6 is 15.9 Å². The molecule has 1 saturated heterocycles. The topological polar surface area (TPSA) is 79.6 Å². The molecule has 0 radical (unpaired) electrons. The fourth-order valence-electron chi connectivity index (χ4n) is 3.41. The van der Waals surface area contributed by atoms with Gasteiger partial charge in [-0.3, -0.25) is 4.79 Å². The number of benzene rings is 2. The molecule has 1 N–H and O–H groups in total. The van der Waals surface area contributed by atoms with Crippen LogP contribution in [-0.4, -0.2) is 31.7 Å². The van der Waals surface area contributed by atoms with Gasteiger partial charge in [-0.15, -0.1) is 0 Å². The number of anilines is 1. The zero-order valence-electron chi connectivity index (χ0n) is 15.2. The maximum absolute atomic E-state index is 12.7. The lowest BCUT2D eigenvalue weighted by Crippen LogP contribution is -2.27. The summed E-state index contributed by atoms with van der Waals surface area (Å²) < 4.78 is 33.6. The maximum Gasteiger partial charge on any atom is 0.291 e. The second-order valence-electron chi connectivity index (χ2n) is 6.79. The molecule has 6 nitrogen and oxygen atoms in total. The molecule has 3 aromatic rings. The van der Waals surface area contributed by atoms with Crippen molar-refractivity contribution in [2.45, 2.75) is 24.7 Å². The van der Waals surface area contributed by atoms with Crippen LogP contribution in [0.3, 0.4) is 0 Å². The Bertz CT molecular complexity index is 1160. The summed E-state index contributed by atoms with van der Waals surface area (Å²) >= 11 is 3.42. The van der Waals surface area contributed by atoms with Crippen LogP contribution in [0.1, 0.15) is 29.0 Å². The number of sulfonamides is 1. The van der Waals surface area contributed by atoms with E-state index in [1.54, 1.807) is 24.3 Å². The van der Waals surface area contributed by atoms with E-state index in [1.807, 2.05) is 19.1 Å². The van der Waals surface area contributed by atoms with Gasteiger partial charge in [-0.25, -0.2) is 8.42 Å². The number of rotatable bonds is 4. The lowest BCUT2D eigenvalue weighted by Gasteiger charge is -2.16. The van der Waals surface area contributed by atoms with Crippen LogP contribution in [-0.2, 0) is 10.0 Å². The Kier molecular flexibility index (Phi) is 5.03. The Hall–Kier alpha value is -2.16. The highest BCUT2D eigenvalue weighted by Crippen LogP contribution is 2.29. The minimum absolute atomic E-state index is 0.178. The Morgan fingerprint density at radius 2 is 1.89 bits per heavy atom. The minimum atomic E-state index is -3.54. The second-order valence-corrected chi connectivity index (χ2v) is 9.64. The van der Waals surface area contributed by atoms with Crippen molar-refractivity contribution in [3.05, 3.63) is 58.3 Å². The molecular formula is C20H19BrN2O4S. The summed E-state index contributed by atoms with van der Waals surface area (Å²) in [4.78, 5) is 12.9. The molecule has 2 aromatic carbocycles. The zero-order chi connectivity index (χ0) is 19.9. The normalized spacial score (nSPS) is 15.2. The van der Waals surface area contributed by atoms with Crippen LogP contribution in [0.4, 0.5) is 5.69 Å². The Balaban J connectivity index is 1.61. The number of nitrogens with zero attached hydrogens (tertiary/aromatic N) is 1. The molecule has 1 aliphatic heterocycles. The van der Waals surface area contributed by atoms with Gasteiger partial charge in [0.25, 0.3) is 5.91 Å². The number of carbonyl (C=O) groups is 1. The molecule has 0 bridgehead atoms. The predicted molar refractivity (Wildman–Crippen MR) is 111 cm³/mol. The summed E-state index contributed by atoms with van der Waals surface area (Å²) in [5, 5.41) is 3.60. The number of halogens is 1. The van der Waals surface area contributed by atoms with E-state index in [1.165, 1.54) is 10.4 Å². The van der Waals surface area contributed by atoms with Crippen molar-refractivity contribution in [2.75, 3.05) is 18.4 Å². The van der Waals surface area contributed by atoms with Gasteiger partial charge in [-0.05, 0) is 56.2 Å². The Labute approximate surface area is 171 Å². The lowest BCUT2D eigenvalue weighted by atomic mass is 10.1. The molecule has 28 heavy (non-hydrogen) atoms. The third kappa shape index (κ3) is 3.47. The molecule has 1 fully saturated rings. The van der Waals surface area contributed by atoms with Gasteiger partial charge >= 0.3 is 0 Å². The van der Waals surface area contributed by atoms with Crippen LogP contribution in [0.2, 0.25) is 0 Å². The summed E-state index contributed by atoms with van der Waals surface area (Å²) in [7, 11) is -3.54. The van der Waals surface area contributed by atoms with Gasteiger partial charge in [0.1, 0.15) is 5.58 Å². The fraction of sp³-hybridized carbons (Fsp3) is 0.250. The van der Waals surface area contributed by atoms with Crippen LogP contribution in [0.25, 0.3) is 11.0 Å². The van der Waals surface area contributed by atoms with Crippen molar-refractivity contribution in [3.63, 3.8) is 0 Å². The van der Waals surface area contributed by atoms with Gasteiger partial charge in [0.05, 0.1) is 4.90 Å². The largest absolute Gasteiger partial charge is 0.451 e. The molecule has 146 valence electrons. The standard InChI is InChI=1S/C20H19BrN2O4S/c1-13-17-11-14(21)7-8-18(17)27-19(13)20(24)22-15-5-4-6-16(12-15)28(25,26)23-9-2-3-10-23/h4-8,11-12H,2-3,9-10H2,1H3,(H,22,24).